The fourth-order valence-electron chi connectivity index (χ4n) is 2.30. The molecule has 2 rings (SSSR count). The Hall–Kier alpha value is -2.34. The van der Waals surface area contributed by atoms with E-state index in [9.17, 15) is 14.7 Å². The van der Waals surface area contributed by atoms with E-state index in [-0.39, 0.29) is 18.9 Å². The van der Waals surface area contributed by atoms with Crippen LogP contribution in [0, 0.1) is 0 Å². The molecule has 0 radical (unpaired) electrons. The summed E-state index contributed by atoms with van der Waals surface area (Å²) in [6, 6.07) is 5.93. The van der Waals surface area contributed by atoms with Crippen LogP contribution in [0.4, 0.5) is 0 Å². The van der Waals surface area contributed by atoms with Crippen molar-refractivity contribution in [3.05, 3.63) is 35.5 Å². The minimum absolute atomic E-state index is 0.128. The molecule has 6 heteroatoms. The molecule has 22 heavy (non-hydrogen) atoms. The van der Waals surface area contributed by atoms with Crippen LogP contribution >= 0.6 is 0 Å². The van der Waals surface area contributed by atoms with Gasteiger partial charge in [0.25, 0.3) is 0 Å². The number of fused-ring (bicyclic) bond motifs is 1. The normalized spacial score (nSPS) is 13.8. The third-order valence-electron chi connectivity index (χ3n) is 3.71. The fourth-order valence-corrected chi connectivity index (χ4v) is 2.30. The van der Waals surface area contributed by atoms with Gasteiger partial charge in [0.15, 0.2) is 5.60 Å². The Labute approximate surface area is 128 Å². The van der Waals surface area contributed by atoms with E-state index in [4.69, 9.17) is 5.11 Å². The smallest absolute Gasteiger partial charge is 0.337 e. The first-order valence-corrected chi connectivity index (χ1v) is 7.15. The molecule has 1 atom stereocenters. The number of carboxylic acids is 1. The molecule has 1 aromatic carbocycles. The molecule has 6 nitrogen and oxygen atoms in total. The van der Waals surface area contributed by atoms with Gasteiger partial charge < -0.3 is 20.5 Å². The summed E-state index contributed by atoms with van der Waals surface area (Å²) in [5, 5.41) is 21.8. The molecule has 0 aliphatic carbocycles. The number of aliphatic hydroxyl groups is 1. The first-order valence-electron chi connectivity index (χ1n) is 7.15. The van der Waals surface area contributed by atoms with E-state index in [0.717, 1.165) is 29.8 Å². The molecule has 1 unspecified atom stereocenters. The largest absolute Gasteiger partial charge is 0.479 e. The van der Waals surface area contributed by atoms with Gasteiger partial charge in [-0.25, -0.2) is 4.79 Å². The van der Waals surface area contributed by atoms with Crippen molar-refractivity contribution < 1.29 is 19.8 Å². The minimum Gasteiger partial charge on any atom is -0.479 e. The molecule has 1 aromatic heterocycles. The molecule has 0 bridgehead atoms. The molecule has 0 aliphatic rings. The third-order valence-corrected chi connectivity index (χ3v) is 3.71. The maximum Gasteiger partial charge on any atom is 0.337 e. The predicted octanol–water partition coefficient (Wildman–Crippen LogP) is 1.22. The highest BCUT2D eigenvalue weighted by atomic mass is 16.4. The summed E-state index contributed by atoms with van der Waals surface area (Å²) >= 11 is 0. The first-order chi connectivity index (χ1) is 10.3. The number of hydrogen-bond acceptors (Lipinski definition) is 3. The molecule has 0 saturated carbocycles. The average molecular weight is 304 g/mol. The van der Waals surface area contributed by atoms with Crippen molar-refractivity contribution in [2.24, 2.45) is 0 Å². The number of carbonyl (C=O) groups is 2. The van der Waals surface area contributed by atoms with Crippen molar-refractivity contribution in [2.45, 2.75) is 32.3 Å². The second-order valence-corrected chi connectivity index (χ2v) is 5.54. The highest BCUT2D eigenvalue weighted by molar-refractivity contribution is 5.90. The van der Waals surface area contributed by atoms with Crippen LogP contribution in [-0.4, -0.2) is 39.2 Å². The van der Waals surface area contributed by atoms with Gasteiger partial charge in [-0.3, -0.25) is 4.79 Å². The van der Waals surface area contributed by atoms with E-state index in [2.05, 4.69) is 17.2 Å². The number of rotatable bonds is 6. The second-order valence-electron chi connectivity index (χ2n) is 5.54. The van der Waals surface area contributed by atoms with Gasteiger partial charge in [0.1, 0.15) is 0 Å². The molecule has 1 amide bonds. The SMILES string of the molecule is CCc1cccc2c(CC(=O)NCC(C)(O)C(=O)O)c[nH]c12. The van der Waals surface area contributed by atoms with E-state index >= 15 is 0 Å². The maximum atomic E-state index is 11.9. The van der Waals surface area contributed by atoms with E-state index < -0.39 is 11.6 Å². The number of hydrogen-bond donors (Lipinski definition) is 4. The summed E-state index contributed by atoms with van der Waals surface area (Å²) in [5.74, 6) is -1.70. The lowest BCUT2D eigenvalue weighted by Crippen LogP contribution is -2.46. The number of carbonyl (C=O) groups excluding carboxylic acids is 1. The number of H-pyrrole nitrogens is 1. The van der Waals surface area contributed by atoms with Crippen LogP contribution < -0.4 is 5.32 Å². The monoisotopic (exact) mass is 304 g/mol. The summed E-state index contributed by atoms with van der Waals surface area (Å²) in [6.45, 7) is 2.88. The maximum absolute atomic E-state index is 11.9. The number of amides is 1. The molecule has 0 saturated heterocycles. The van der Waals surface area contributed by atoms with Crippen LogP contribution in [0.2, 0.25) is 0 Å². The lowest BCUT2D eigenvalue weighted by molar-refractivity contribution is -0.156. The number of aryl methyl sites for hydroxylation is 1. The molecule has 118 valence electrons. The zero-order valence-corrected chi connectivity index (χ0v) is 12.6. The highest BCUT2D eigenvalue weighted by Crippen LogP contribution is 2.22. The van der Waals surface area contributed by atoms with Crippen molar-refractivity contribution >= 4 is 22.8 Å². The second kappa shape index (κ2) is 6.19. The zero-order valence-electron chi connectivity index (χ0n) is 12.6. The van der Waals surface area contributed by atoms with Crippen LogP contribution in [0.3, 0.4) is 0 Å². The third kappa shape index (κ3) is 3.28. The lowest BCUT2D eigenvalue weighted by Gasteiger charge is -2.18. The van der Waals surface area contributed by atoms with Crippen molar-refractivity contribution in [1.82, 2.24) is 10.3 Å². The van der Waals surface area contributed by atoms with Crippen molar-refractivity contribution in [2.75, 3.05) is 6.54 Å². The van der Waals surface area contributed by atoms with E-state index in [0.29, 0.717) is 0 Å². The number of benzene rings is 1. The molecule has 0 aliphatic heterocycles. The van der Waals surface area contributed by atoms with Gasteiger partial charge in [0.05, 0.1) is 13.0 Å². The van der Waals surface area contributed by atoms with Gasteiger partial charge in [0, 0.05) is 17.1 Å². The van der Waals surface area contributed by atoms with E-state index in [1.165, 1.54) is 5.56 Å². The minimum atomic E-state index is -1.97. The quantitative estimate of drug-likeness (QED) is 0.644. The molecular weight excluding hydrogens is 284 g/mol. The van der Waals surface area contributed by atoms with Crippen molar-refractivity contribution in [3.8, 4) is 0 Å². The molecule has 0 fully saturated rings. The van der Waals surface area contributed by atoms with Crippen LogP contribution in [-0.2, 0) is 22.4 Å². The Kier molecular flexibility index (Phi) is 4.51. The standard InChI is InChI=1S/C16H20N2O4/c1-3-10-5-4-6-12-11(8-17-14(10)12)7-13(19)18-9-16(2,22)15(20)21/h4-6,8,17,22H,3,7,9H2,1-2H3,(H,18,19)(H,20,21). The number of para-hydroxylation sites is 1. The molecular formula is C16H20N2O4. The van der Waals surface area contributed by atoms with E-state index in [1.807, 2.05) is 18.2 Å². The Bertz CT molecular complexity index is 703. The zero-order chi connectivity index (χ0) is 16.3. The predicted molar refractivity (Wildman–Crippen MR) is 82.7 cm³/mol. The van der Waals surface area contributed by atoms with Gasteiger partial charge in [-0.1, -0.05) is 25.1 Å². The van der Waals surface area contributed by atoms with Crippen LogP contribution in [0.5, 0.6) is 0 Å². The van der Waals surface area contributed by atoms with Gasteiger partial charge >= 0.3 is 5.97 Å². The number of aromatic nitrogens is 1. The van der Waals surface area contributed by atoms with Gasteiger partial charge in [-0.15, -0.1) is 0 Å². The molecule has 1 heterocycles. The molecule has 0 spiro atoms. The van der Waals surface area contributed by atoms with Crippen LogP contribution in [0.25, 0.3) is 10.9 Å². The van der Waals surface area contributed by atoms with Gasteiger partial charge in [-0.2, -0.15) is 0 Å². The Morgan fingerprint density at radius 2 is 2.05 bits per heavy atom. The Morgan fingerprint density at radius 1 is 1.32 bits per heavy atom. The number of carboxylic acid groups (broad SMARTS) is 1. The summed E-state index contributed by atoms with van der Waals surface area (Å²) in [5.41, 5.74) is 1.08. The molecule has 4 N–H and O–H groups in total. The average Bonchev–Trinajstić information content (AvgIpc) is 2.88. The topological polar surface area (TPSA) is 102 Å². The lowest BCUT2D eigenvalue weighted by atomic mass is 10.0. The Morgan fingerprint density at radius 3 is 2.68 bits per heavy atom. The summed E-state index contributed by atoms with van der Waals surface area (Å²) in [4.78, 5) is 25.9. The van der Waals surface area contributed by atoms with E-state index in [1.54, 1.807) is 6.20 Å². The highest BCUT2D eigenvalue weighted by Gasteiger charge is 2.30. The van der Waals surface area contributed by atoms with Gasteiger partial charge in [-0.05, 0) is 24.5 Å². The Balaban J connectivity index is 2.08. The molecule has 2 aromatic rings. The summed E-state index contributed by atoms with van der Waals surface area (Å²) < 4.78 is 0. The number of aliphatic carboxylic acids is 1. The summed E-state index contributed by atoms with van der Waals surface area (Å²) in [6.07, 6.45) is 2.81. The number of nitrogens with one attached hydrogen (secondary N) is 2. The first kappa shape index (κ1) is 16.0. The van der Waals surface area contributed by atoms with Gasteiger partial charge in [0.2, 0.25) is 5.91 Å². The summed E-state index contributed by atoms with van der Waals surface area (Å²) in [7, 11) is 0. The van der Waals surface area contributed by atoms with Crippen LogP contribution in [0.15, 0.2) is 24.4 Å². The number of aromatic amines is 1. The van der Waals surface area contributed by atoms with Crippen molar-refractivity contribution in [3.63, 3.8) is 0 Å². The van der Waals surface area contributed by atoms with Crippen molar-refractivity contribution in [1.29, 1.82) is 0 Å². The van der Waals surface area contributed by atoms with Crippen LogP contribution in [0.1, 0.15) is 25.0 Å². The fraction of sp³-hybridized carbons (Fsp3) is 0.375.